The van der Waals surface area contributed by atoms with Gasteiger partial charge in [0, 0.05) is 6.04 Å². The molecule has 0 rings (SSSR count). The summed E-state index contributed by atoms with van der Waals surface area (Å²) in [6.45, 7) is 7.14. The molecule has 0 spiro atoms. The van der Waals surface area contributed by atoms with Crippen molar-refractivity contribution in [3.05, 3.63) is 0 Å². The molecule has 0 aliphatic rings. The van der Waals surface area contributed by atoms with Gasteiger partial charge >= 0.3 is 0 Å². The summed E-state index contributed by atoms with van der Waals surface area (Å²) >= 11 is 0. The van der Waals surface area contributed by atoms with Crippen molar-refractivity contribution in [3.63, 3.8) is 0 Å². The molecule has 0 aromatic carbocycles. The lowest BCUT2D eigenvalue weighted by atomic mass is 10.1. The summed E-state index contributed by atoms with van der Waals surface area (Å²) in [4.78, 5) is 0. The zero-order valence-corrected chi connectivity index (χ0v) is 10.1. The maximum absolute atomic E-state index is 9.23. The van der Waals surface area contributed by atoms with Crippen LogP contribution in [0.5, 0.6) is 0 Å². The fourth-order valence-electron chi connectivity index (χ4n) is 1.41. The normalized spacial score (nSPS) is 15.4. The Hall–Kier alpha value is -0.0800. The summed E-state index contributed by atoms with van der Waals surface area (Å²) in [7, 11) is 0. The molecule has 2 unspecified atom stereocenters. The molecule has 2 atom stereocenters. The van der Waals surface area contributed by atoms with Crippen molar-refractivity contribution in [2.75, 3.05) is 6.54 Å². The Morgan fingerprint density at radius 2 is 1.57 bits per heavy atom. The largest absolute Gasteiger partial charge is 0.392 e. The molecule has 0 aliphatic heterocycles. The highest BCUT2D eigenvalue weighted by Gasteiger charge is 2.05. The predicted octanol–water partition coefficient (Wildman–Crippen LogP) is 2.71. The molecule has 0 bridgehead atoms. The van der Waals surface area contributed by atoms with Gasteiger partial charge in [-0.2, -0.15) is 0 Å². The van der Waals surface area contributed by atoms with E-state index >= 15 is 0 Å². The zero-order chi connectivity index (χ0) is 10.8. The third-order valence-corrected chi connectivity index (χ3v) is 2.72. The third kappa shape index (κ3) is 8.52. The maximum atomic E-state index is 9.23. The van der Waals surface area contributed by atoms with Gasteiger partial charge < -0.3 is 10.4 Å². The van der Waals surface area contributed by atoms with Crippen molar-refractivity contribution >= 4 is 0 Å². The Bertz CT molecular complexity index is 115. The first-order valence-electron chi connectivity index (χ1n) is 6.10. The minimum atomic E-state index is -0.241. The number of hydrogen-bond acceptors (Lipinski definition) is 2. The minimum Gasteiger partial charge on any atom is -0.392 e. The van der Waals surface area contributed by atoms with Gasteiger partial charge in [0.25, 0.3) is 0 Å². The second-order valence-corrected chi connectivity index (χ2v) is 4.25. The second-order valence-electron chi connectivity index (χ2n) is 4.25. The molecule has 0 aromatic rings. The fourth-order valence-corrected chi connectivity index (χ4v) is 1.41. The van der Waals surface area contributed by atoms with Gasteiger partial charge in [-0.15, -0.1) is 0 Å². The predicted molar refractivity (Wildman–Crippen MR) is 62.5 cm³/mol. The quantitative estimate of drug-likeness (QED) is 0.562. The van der Waals surface area contributed by atoms with Gasteiger partial charge in [0.1, 0.15) is 0 Å². The van der Waals surface area contributed by atoms with Crippen LogP contribution in [0, 0.1) is 0 Å². The molecule has 14 heavy (non-hydrogen) atoms. The van der Waals surface area contributed by atoms with Crippen LogP contribution < -0.4 is 5.32 Å². The van der Waals surface area contributed by atoms with Crippen LogP contribution in [-0.4, -0.2) is 23.8 Å². The van der Waals surface area contributed by atoms with Crippen LogP contribution in [0.25, 0.3) is 0 Å². The van der Waals surface area contributed by atoms with E-state index < -0.39 is 0 Å². The van der Waals surface area contributed by atoms with E-state index in [1.807, 2.05) is 13.8 Å². The van der Waals surface area contributed by atoms with Crippen molar-refractivity contribution in [2.45, 2.75) is 71.4 Å². The van der Waals surface area contributed by atoms with E-state index in [9.17, 15) is 5.11 Å². The van der Waals surface area contributed by atoms with Crippen LogP contribution in [0.1, 0.15) is 59.3 Å². The standard InChI is InChI=1S/C12H27NO/c1-4-5-6-7-8-9-10-13-11(2)12(3)14/h11-14H,4-10H2,1-3H3. The smallest absolute Gasteiger partial charge is 0.0662 e. The lowest BCUT2D eigenvalue weighted by Crippen LogP contribution is -2.35. The topological polar surface area (TPSA) is 32.3 Å². The molecule has 0 aromatic heterocycles. The van der Waals surface area contributed by atoms with Gasteiger partial charge in [0.2, 0.25) is 0 Å². The van der Waals surface area contributed by atoms with E-state index in [1.54, 1.807) is 0 Å². The Kier molecular flexibility index (Phi) is 9.42. The van der Waals surface area contributed by atoms with Crippen molar-refractivity contribution in [2.24, 2.45) is 0 Å². The number of nitrogens with one attached hydrogen (secondary N) is 1. The van der Waals surface area contributed by atoms with Gasteiger partial charge in [0.05, 0.1) is 6.10 Å². The van der Waals surface area contributed by atoms with Crippen molar-refractivity contribution in [1.82, 2.24) is 5.32 Å². The van der Waals surface area contributed by atoms with E-state index in [2.05, 4.69) is 12.2 Å². The first-order valence-corrected chi connectivity index (χ1v) is 6.10. The average Bonchev–Trinajstić information content (AvgIpc) is 2.16. The number of rotatable bonds is 9. The van der Waals surface area contributed by atoms with E-state index in [0.29, 0.717) is 0 Å². The van der Waals surface area contributed by atoms with E-state index in [4.69, 9.17) is 0 Å². The van der Waals surface area contributed by atoms with Gasteiger partial charge in [0.15, 0.2) is 0 Å². The summed E-state index contributed by atoms with van der Waals surface area (Å²) < 4.78 is 0. The third-order valence-electron chi connectivity index (χ3n) is 2.72. The molecule has 2 heteroatoms. The zero-order valence-electron chi connectivity index (χ0n) is 10.1. The Morgan fingerprint density at radius 3 is 2.14 bits per heavy atom. The maximum Gasteiger partial charge on any atom is 0.0662 e. The number of unbranched alkanes of at least 4 members (excludes halogenated alkanes) is 5. The summed E-state index contributed by atoms with van der Waals surface area (Å²) in [5.41, 5.74) is 0. The highest BCUT2D eigenvalue weighted by atomic mass is 16.3. The second kappa shape index (κ2) is 9.47. The van der Waals surface area contributed by atoms with Crippen molar-refractivity contribution in [1.29, 1.82) is 0 Å². The lowest BCUT2D eigenvalue weighted by molar-refractivity contribution is 0.152. The van der Waals surface area contributed by atoms with E-state index in [0.717, 1.165) is 6.54 Å². The molecule has 0 saturated heterocycles. The van der Waals surface area contributed by atoms with Crippen LogP contribution in [0.15, 0.2) is 0 Å². The molecule has 86 valence electrons. The lowest BCUT2D eigenvalue weighted by Gasteiger charge is -2.16. The summed E-state index contributed by atoms with van der Waals surface area (Å²) in [5, 5.41) is 12.6. The van der Waals surface area contributed by atoms with Gasteiger partial charge in [-0.3, -0.25) is 0 Å². The Labute approximate surface area is 89.1 Å². The summed E-state index contributed by atoms with van der Waals surface area (Å²) in [6, 6.07) is 0.227. The first-order chi connectivity index (χ1) is 6.68. The first kappa shape index (κ1) is 13.9. The number of hydrogen-bond donors (Lipinski definition) is 2. The Balaban J connectivity index is 3.06. The molecule has 0 radical (unpaired) electrons. The highest BCUT2D eigenvalue weighted by molar-refractivity contribution is 4.65. The van der Waals surface area contributed by atoms with E-state index in [-0.39, 0.29) is 12.1 Å². The fraction of sp³-hybridized carbons (Fsp3) is 1.00. The van der Waals surface area contributed by atoms with Gasteiger partial charge in [-0.1, -0.05) is 39.0 Å². The van der Waals surface area contributed by atoms with Gasteiger partial charge in [-0.05, 0) is 26.8 Å². The molecule has 0 saturated carbocycles. The summed E-state index contributed by atoms with van der Waals surface area (Å²) in [6.07, 6.45) is 7.74. The highest BCUT2D eigenvalue weighted by Crippen LogP contribution is 2.04. The van der Waals surface area contributed by atoms with Crippen LogP contribution in [0.2, 0.25) is 0 Å². The Morgan fingerprint density at radius 1 is 1.00 bits per heavy atom. The van der Waals surface area contributed by atoms with Crippen molar-refractivity contribution < 1.29 is 5.11 Å². The van der Waals surface area contributed by atoms with Gasteiger partial charge in [-0.25, -0.2) is 0 Å². The van der Waals surface area contributed by atoms with Crippen LogP contribution in [0.4, 0.5) is 0 Å². The van der Waals surface area contributed by atoms with E-state index in [1.165, 1.54) is 38.5 Å². The molecule has 2 N–H and O–H groups in total. The molecule has 0 amide bonds. The molecular formula is C12H27NO. The molecule has 0 heterocycles. The molecule has 2 nitrogen and oxygen atoms in total. The van der Waals surface area contributed by atoms with Crippen LogP contribution in [0.3, 0.4) is 0 Å². The molecule has 0 aliphatic carbocycles. The average molecular weight is 201 g/mol. The van der Waals surface area contributed by atoms with Crippen molar-refractivity contribution in [3.8, 4) is 0 Å². The minimum absolute atomic E-state index is 0.227. The van der Waals surface area contributed by atoms with Crippen LogP contribution in [-0.2, 0) is 0 Å². The number of aliphatic hydroxyl groups is 1. The SMILES string of the molecule is CCCCCCCCNC(C)C(C)O. The molecule has 0 fully saturated rings. The van der Waals surface area contributed by atoms with Crippen LogP contribution >= 0.6 is 0 Å². The number of aliphatic hydroxyl groups excluding tert-OH is 1. The monoisotopic (exact) mass is 201 g/mol. The molecular weight excluding hydrogens is 174 g/mol. The summed E-state index contributed by atoms with van der Waals surface area (Å²) in [5.74, 6) is 0.